The first-order valence-electron chi connectivity index (χ1n) is 12.1. The Hall–Kier alpha value is -4.70. The fourth-order valence-corrected chi connectivity index (χ4v) is 5.85. The lowest BCUT2D eigenvalue weighted by atomic mass is 9.73. The van der Waals surface area contributed by atoms with Crippen LogP contribution in [0.1, 0.15) is 27.4 Å². The number of rotatable bonds is 5. The van der Waals surface area contributed by atoms with Crippen molar-refractivity contribution in [1.29, 1.82) is 15.8 Å². The topological polar surface area (TPSA) is 91.7 Å². The van der Waals surface area contributed by atoms with Crippen molar-refractivity contribution in [3.8, 4) is 18.2 Å². The van der Waals surface area contributed by atoms with E-state index >= 15 is 0 Å². The number of halogens is 1. The Balaban J connectivity index is 1.81. The molecule has 1 fully saturated rings. The van der Waals surface area contributed by atoms with Gasteiger partial charge in [0, 0.05) is 28.1 Å². The predicted molar refractivity (Wildman–Crippen MR) is 148 cm³/mol. The van der Waals surface area contributed by atoms with Crippen LogP contribution in [0, 0.1) is 39.9 Å². The van der Waals surface area contributed by atoms with Gasteiger partial charge in [-0.05, 0) is 34.9 Å². The largest absolute Gasteiger partial charge is 0.358 e. The average Bonchev–Trinajstić information content (AvgIpc) is 3.30. The van der Waals surface area contributed by atoms with Gasteiger partial charge in [0.25, 0.3) is 0 Å². The number of carbonyl (C=O) groups excluding carboxylic acids is 1. The summed E-state index contributed by atoms with van der Waals surface area (Å²) in [4.78, 5) is 16.2. The van der Waals surface area contributed by atoms with E-state index in [2.05, 4.69) is 34.1 Å². The molecule has 0 bridgehead atoms. The summed E-state index contributed by atoms with van der Waals surface area (Å²) < 4.78 is 0.902. The highest BCUT2D eigenvalue weighted by Gasteiger charge is 2.53. The molecule has 2 aliphatic heterocycles. The van der Waals surface area contributed by atoms with Gasteiger partial charge in [0.05, 0.1) is 17.7 Å². The molecule has 5 nitrogen and oxygen atoms in total. The third-order valence-electron chi connectivity index (χ3n) is 7.14. The van der Waals surface area contributed by atoms with Gasteiger partial charge in [-0.2, -0.15) is 15.8 Å². The minimum atomic E-state index is -0.667. The summed E-state index contributed by atoms with van der Waals surface area (Å²) in [6, 6.07) is 31.8. The molecule has 0 N–H and O–H groups in total. The van der Waals surface area contributed by atoms with E-state index in [1.807, 2.05) is 83.8 Å². The molecule has 0 spiro atoms. The van der Waals surface area contributed by atoms with Crippen LogP contribution in [0.3, 0.4) is 0 Å². The molecule has 2 heterocycles. The second kappa shape index (κ2) is 10.7. The SMILES string of the molecule is N#CC1=CN2C(C=C1)C(C(=C(C#N)C#N)c1ccccc1)C(c1ccc(Br)cc1)C2C(=O)c1ccccc1. The van der Waals surface area contributed by atoms with Crippen molar-refractivity contribution in [2.75, 3.05) is 0 Å². The number of allylic oxidation sites excluding steroid dienone is 3. The second-order valence-corrected chi connectivity index (χ2v) is 10.1. The standard InChI is InChI=1S/C32H21BrN4O/c33-26-14-12-23(13-15-26)29-30(28(25(18-35)19-36)22-7-3-1-4-8-22)27-16-11-21(17-34)20-37(27)31(29)32(38)24-9-5-2-6-10-24/h1-16,20,27,29-31H. The number of carbonyl (C=O) groups is 1. The molecule has 0 saturated carbocycles. The van der Waals surface area contributed by atoms with Crippen molar-refractivity contribution < 1.29 is 4.79 Å². The van der Waals surface area contributed by atoms with Gasteiger partial charge < -0.3 is 4.90 Å². The van der Waals surface area contributed by atoms with Crippen molar-refractivity contribution in [2.24, 2.45) is 5.92 Å². The number of nitriles is 3. The zero-order valence-corrected chi connectivity index (χ0v) is 21.8. The lowest BCUT2D eigenvalue weighted by Gasteiger charge is -2.31. The molecule has 1 saturated heterocycles. The van der Waals surface area contributed by atoms with E-state index in [9.17, 15) is 20.6 Å². The highest BCUT2D eigenvalue weighted by Crippen LogP contribution is 2.52. The molecule has 3 aromatic carbocycles. The van der Waals surface area contributed by atoms with Gasteiger partial charge in [0.2, 0.25) is 0 Å². The van der Waals surface area contributed by atoms with Crippen LogP contribution in [0.15, 0.2) is 119 Å². The Morgan fingerprint density at radius 2 is 1.42 bits per heavy atom. The quantitative estimate of drug-likeness (QED) is 0.262. The monoisotopic (exact) mass is 556 g/mol. The maximum Gasteiger partial charge on any atom is 0.185 e. The average molecular weight is 557 g/mol. The number of nitrogens with zero attached hydrogens (tertiary/aromatic N) is 4. The first-order valence-corrected chi connectivity index (χ1v) is 12.9. The number of fused-ring (bicyclic) bond motifs is 1. The fourth-order valence-electron chi connectivity index (χ4n) is 5.59. The molecule has 0 aromatic heterocycles. The number of Topliss-reactive ketones (excluding diaryl/α,β-unsaturated/α-hetero) is 1. The Morgan fingerprint density at radius 3 is 2.00 bits per heavy atom. The maximum atomic E-state index is 14.2. The summed E-state index contributed by atoms with van der Waals surface area (Å²) in [5, 5.41) is 29.8. The van der Waals surface area contributed by atoms with Crippen LogP contribution in [0.5, 0.6) is 0 Å². The van der Waals surface area contributed by atoms with Crippen LogP contribution in [0.25, 0.3) is 5.57 Å². The van der Waals surface area contributed by atoms with E-state index in [0.717, 1.165) is 15.6 Å². The zero-order chi connectivity index (χ0) is 26.6. The van der Waals surface area contributed by atoms with Gasteiger partial charge in [-0.1, -0.05) is 94.8 Å². The number of benzene rings is 3. The van der Waals surface area contributed by atoms with Gasteiger partial charge in [-0.15, -0.1) is 0 Å². The molecule has 5 rings (SSSR count). The third-order valence-corrected chi connectivity index (χ3v) is 7.67. The second-order valence-electron chi connectivity index (χ2n) is 9.15. The minimum Gasteiger partial charge on any atom is -0.358 e. The molecular weight excluding hydrogens is 536 g/mol. The summed E-state index contributed by atoms with van der Waals surface area (Å²) in [5.41, 5.74) is 3.28. The number of ketones is 1. The Labute approximate surface area is 230 Å². The van der Waals surface area contributed by atoms with Crippen LogP contribution in [-0.4, -0.2) is 22.8 Å². The van der Waals surface area contributed by atoms with Crippen molar-refractivity contribution >= 4 is 27.3 Å². The van der Waals surface area contributed by atoms with Crippen LogP contribution in [0.2, 0.25) is 0 Å². The van der Waals surface area contributed by atoms with E-state index in [1.165, 1.54) is 0 Å². The van der Waals surface area contributed by atoms with E-state index in [0.29, 0.717) is 16.7 Å². The lowest BCUT2D eigenvalue weighted by molar-refractivity contribution is 0.0881. The maximum absolute atomic E-state index is 14.2. The van der Waals surface area contributed by atoms with Crippen LogP contribution in [0.4, 0.5) is 0 Å². The number of hydrogen-bond acceptors (Lipinski definition) is 5. The molecule has 2 aliphatic rings. The fraction of sp³-hybridized carbons (Fsp3) is 0.125. The van der Waals surface area contributed by atoms with E-state index < -0.39 is 17.9 Å². The van der Waals surface area contributed by atoms with Crippen LogP contribution in [-0.2, 0) is 0 Å². The molecule has 6 heteroatoms. The minimum absolute atomic E-state index is 0.0135. The van der Waals surface area contributed by atoms with Gasteiger partial charge in [-0.3, -0.25) is 4.79 Å². The van der Waals surface area contributed by atoms with E-state index in [-0.39, 0.29) is 17.4 Å². The Kier molecular flexibility index (Phi) is 7.05. The lowest BCUT2D eigenvalue weighted by Crippen LogP contribution is -2.39. The molecule has 4 unspecified atom stereocenters. The first kappa shape index (κ1) is 25.0. The normalized spacial score (nSPS) is 21.3. The predicted octanol–water partition coefficient (Wildman–Crippen LogP) is 6.56. The smallest absolute Gasteiger partial charge is 0.185 e. The molecular formula is C32H21BrN4O. The molecule has 182 valence electrons. The van der Waals surface area contributed by atoms with E-state index in [1.54, 1.807) is 24.4 Å². The van der Waals surface area contributed by atoms with Gasteiger partial charge in [0.1, 0.15) is 23.8 Å². The van der Waals surface area contributed by atoms with Gasteiger partial charge >= 0.3 is 0 Å². The summed E-state index contributed by atoms with van der Waals surface area (Å²) >= 11 is 3.51. The van der Waals surface area contributed by atoms with Crippen molar-refractivity contribution in [1.82, 2.24) is 4.90 Å². The summed E-state index contributed by atoms with van der Waals surface area (Å²) in [5.74, 6) is -0.914. The van der Waals surface area contributed by atoms with Gasteiger partial charge in [-0.25, -0.2) is 0 Å². The molecule has 0 amide bonds. The molecule has 4 atom stereocenters. The van der Waals surface area contributed by atoms with Crippen molar-refractivity contribution in [2.45, 2.75) is 18.0 Å². The van der Waals surface area contributed by atoms with Crippen LogP contribution >= 0.6 is 15.9 Å². The Morgan fingerprint density at radius 1 is 0.816 bits per heavy atom. The van der Waals surface area contributed by atoms with Crippen molar-refractivity contribution in [3.05, 3.63) is 136 Å². The molecule has 38 heavy (non-hydrogen) atoms. The molecule has 0 radical (unpaired) electrons. The summed E-state index contributed by atoms with van der Waals surface area (Å²) in [6.07, 6.45) is 5.41. The third kappa shape index (κ3) is 4.46. The van der Waals surface area contributed by atoms with Crippen molar-refractivity contribution in [3.63, 3.8) is 0 Å². The highest BCUT2D eigenvalue weighted by molar-refractivity contribution is 9.10. The first-order chi connectivity index (χ1) is 18.6. The number of hydrogen-bond donors (Lipinski definition) is 0. The van der Waals surface area contributed by atoms with Crippen LogP contribution < -0.4 is 0 Å². The highest BCUT2D eigenvalue weighted by atomic mass is 79.9. The zero-order valence-electron chi connectivity index (χ0n) is 20.2. The Bertz CT molecular complexity index is 1570. The summed E-state index contributed by atoms with van der Waals surface area (Å²) in [7, 11) is 0. The van der Waals surface area contributed by atoms with E-state index in [4.69, 9.17) is 0 Å². The summed E-state index contributed by atoms with van der Waals surface area (Å²) in [6.45, 7) is 0. The molecule has 3 aromatic rings. The van der Waals surface area contributed by atoms with Gasteiger partial charge in [0.15, 0.2) is 5.78 Å². The molecule has 0 aliphatic carbocycles.